The highest BCUT2D eigenvalue weighted by Gasteiger charge is 2.24. The van der Waals surface area contributed by atoms with Gasteiger partial charge in [0, 0.05) is 13.6 Å². The Morgan fingerprint density at radius 2 is 2.06 bits per heavy atom. The zero-order valence-electron chi connectivity index (χ0n) is 11.2. The minimum absolute atomic E-state index is 0.00625. The van der Waals surface area contributed by atoms with Crippen LogP contribution in [0.1, 0.15) is 20.8 Å². The number of nitrogens with two attached hydrogens (primary N) is 1. The molecule has 0 aliphatic carbocycles. The van der Waals surface area contributed by atoms with Gasteiger partial charge >= 0.3 is 5.69 Å². The summed E-state index contributed by atoms with van der Waals surface area (Å²) < 4.78 is 0. The van der Waals surface area contributed by atoms with Gasteiger partial charge in [0.25, 0.3) is 0 Å². The molecule has 0 saturated carbocycles. The number of nitrogens with one attached hydrogen (secondary N) is 1. The SMILES string of the molecule is CN(CC(C)(C)C)c1cccc(NN)c1[N+](=O)[O-]. The van der Waals surface area contributed by atoms with Crippen molar-refractivity contribution >= 4 is 17.1 Å². The lowest BCUT2D eigenvalue weighted by Gasteiger charge is -2.28. The molecule has 0 spiro atoms. The van der Waals surface area contributed by atoms with E-state index < -0.39 is 4.92 Å². The molecule has 0 saturated heterocycles. The van der Waals surface area contributed by atoms with Crippen molar-refractivity contribution in [1.82, 2.24) is 0 Å². The molecule has 0 aromatic heterocycles. The maximum Gasteiger partial charge on any atom is 0.316 e. The van der Waals surface area contributed by atoms with Crippen LogP contribution in [0.25, 0.3) is 0 Å². The summed E-state index contributed by atoms with van der Waals surface area (Å²) in [5, 5.41) is 11.2. The van der Waals surface area contributed by atoms with Crippen molar-refractivity contribution in [2.45, 2.75) is 20.8 Å². The van der Waals surface area contributed by atoms with E-state index in [4.69, 9.17) is 5.84 Å². The molecule has 0 aliphatic heterocycles. The van der Waals surface area contributed by atoms with Gasteiger partial charge in [0.2, 0.25) is 0 Å². The smallest absolute Gasteiger partial charge is 0.316 e. The van der Waals surface area contributed by atoms with E-state index in [1.165, 1.54) is 0 Å². The molecule has 0 atom stereocenters. The van der Waals surface area contributed by atoms with Crippen LogP contribution in [0.2, 0.25) is 0 Å². The second-order valence-corrected chi connectivity index (χ2v) is 5.49. The highest BCUT2D eigenvalue weighted by atomic mass is 16.6. The van der Waals surface area contributed by atoms with Crippen LogP contribution in [0.3, 0.4) is 0 Å². The third kappa shape index (κ3) is 3.33. The lowest BCUT2D eigenvalue weighted by molar-refractivity contribution is -0.383. The number of para-hydroxylation sites is 1. The topological polar surface area (TPSA) is 84.4 Å². The summed E-state index contributed by atoms with van der Waals surface area (Å²) in [5.74, 6) is 5.31. The largest absolute Gasteiger partial charge is 0.368 e. The fraction of sp³-hybridized carbons (Fsp3) is 0.500. The second kappa shape index (κ2) is 5.22. The van der Waals surface area contributed by atoms with E-state index in [1.807, 2.05) is 11.9 Å². The van der Waals surface area contributed by atoms with E-state index in [1.54, 1.807) is 18.2 Å². The molecule has 6 heteroatoms. The van der Waals surface area contributed by atoms with Crippen LogP contribution in [0.5, 0.6) is 0 Å². The lowest BCUT2D eigenvalue weighted by Crippen LogP contribution is -2.29. The second-order valence-electron chi connectivity index (χ2n) is 5.49. The molecule has 0 heterocycles. The number of anilines is 2. The van der Waals surface area contributed by atoms with Crippen LogP contribution in [-0.2, 0) is 0 Å². The minimum atomic E-state index is -0.413. The molecule has 6 nitrogen and oxygen atoms in total. The van der Waals surface area contributed by atoms with Crippen molar-refractivity contribution in [3.8, 4) is 0 Å². The monoisotopic (exact) mass is 252 g/mol. The summed E-state index contributed by atoms with van der Waals surface area (Å²) in [6, 6.07) is 5.06. The Bertz CT molecular complexity index is 440. The predicted molar refractivity (Wildman–Crippen MR) is 73.6 cm³/mol. The van der Waals surface area contributed by atoms with Crippen molar-refractivity contribution in [1.29, 1.82) is 0 Å². The van der Waals surface area contributed by atoms with Crippen molar-refractivity contribution in [3.63, 3.8) is 0 Å². The molecule has 0 amide bonds. The Balaban J connectivity index is 3.19. The fourth-order valence-electron chi connectivity index (χ4n) is 1.94. The standard InChI is InChI=1S/C12H20N4O2/c1-12(2,3)8-15(4)10-7-5-6-9(14-13)11(10)16(17)18/h5-7,14H,8,13H2,1-4H3. The van der Waals surface area contributed by atoms with Gasteiger partial charge in [-0.05, 0) is 17.5 Å². The number of rotatable bonds is 4. The average molecular weight is 252 g/mol. The Kier molecular flexibility index (Phi) is 4.13. The maximum atomic E-state index is 11.2. The molecule has 18 heavy (non-hydrogen) atoms. The molecule has 1 rings (SSSR count). The molecule has 100 valence electrons. The molecule has 0 fully saturated rings. The van der Waals surface area contributed by atoms with Gasteiger partial charge in [-0.3, -0.25) is 16.0 Å². The Hall–Kier alpha value is -1.82. The fourth-order valence-corrected chi connectivity index (χ4v) is 1.94. The third-order valence-corrected chi connectivity index (χ3v) is 2.48. The molecule has 0 aliphatic rings. The normalized spacial score (nSPS) is 11.2. The van der Waals surface area contributed by atoms with Crippen LogP contribution in [-0.4, -0.2) is 18.5 Å². The molecule has 0 radical (unpaired) electrons. The summed E-state index contributed by atoms with van der Waals surface area (Å²) >= 11 is 0. The van der Waals surface area contributed by atoms with Crippen molar-refractivity contribution in [3.05, 3.63) is 28.3 Å². The zero-order chi connectivity index (χ0) is 13.9. The van der Waals surface area contributed by atoms with E-state index in [0.29, 0.717) is 17.9 Å². The highest BCUT2D eigenvalue weighted by molar-refractivity contribution is 5.76. The molecular formula is C12H20N4O2. The van der Waals surface area contributed by atoms with Crippen LogP contribution < -0.4 is 16.2 Å². The van der Waals surface area contributed by atoms with Crippen molar-refractivity contribution in [2.75, 3.05) is 23.9 Å². The van der Waals surface area contributed by atoms with Gasteiger partial charge in [0.15, 0.2) is 0 Å². The molecule has 1 aromatic carbocycles. The van der Waals surface area contributed by atoms with Gasteiger partial charge < -0.3 is 10.3 Å². The quantitative estimate of drug-likeness (QED) is 0.488. The van der Waals surface area contributed by atoms with Crippen molar-refractivity contribution < 1.29 is 4.92 Å². The van der Waals surface area contributed by atoms with E-state index in [-0.39, 0.29) is 11.1 Å². The highest BCUT2D eigenvalue weighted by Crippen LogP contribution is 2.35. The van der Waals surface area contributed by atoms with E-state index >= 15 is 0 Å². The van der Waals surface area contributed by atoms with Gasteiger partial charge in [-0.1, -0.05) is 26.8 Å². The number of benzene rings is 1. The number of hydrazine groups is 1. The number of nitrogen functional groups attached to an aromatic ring is 1. The van der Waals surface area contributed by atoms with Crippen LogP contribution >= 0.6 is 0 Å². The minimum Gasteiger partial charge on any atom is -0.368 e. The Labute approximate surface area is 107 Å². The summed E-state index contributed by atoms with van der Waals surface area (Å²) in [7, 11) is 1.84. The van der Waals surface area contributed by atoms with E-state index in [2.05, 4.69) is 26.2 Å². The molecular weight excluding hydrogens is 232 g/mol. The number of nitro benzene ring substituents is 1. The molecule has 0 bridgehead atoms. The molecule has 1 aromatic rings. The van der Waals surface area contributed by atoms with Gasteiger partial charge in [-0.2, -0.15) is 0 Å². The Morgan fingerprint density at radius 3 is 2.50 bits per heavy atom. The number of hydrogen-bond acceptors (Lipinski definition) is 5. The zero-order valence-corrected chi connectivity index (χ0v) is 11.2. The third-order valence-electron chi connectivity index (χ3n) is 2.48. The molecule has 3 N–H and O–H groups in total. The Morgan fingerprint density at radius 1 is 1.44 bits per heavy atom. The summed E-state index contributed by atoms with van der Waals surface area (Å²) in [4.78, 5) is 12.6. The van der Waals surface area contributed by atoms with Crippen LogP contribution in [0, 0.1) is 15.5 Å². The first-order chi connectivity index (χ1) is 8.26. The number of nitrogens with zero attached hydrogens (tertiary/aromatic N) is 2. The predicted octanol–water partition coefficient (Wildman–Crippen LogP) is 2.36. The lowest BCUT2D eigenvalue weighted by atomic mass is 9.96. The molecule has 0 unspecified atom stereocenters. The van der Waals surface area contributed by atoms with E-state index in [9.17, 15) is 10.1 Å². The summed E-state index contributed by atoms with van der Waals surface area (Å²) in [6.07, 6.45) is 0. The number of nitro groups is 1. The maximum absolute atomic E-state index is 11.2. The summed E-state index contributed by atoms with van der Waals surface area (Å²) in [6.45, 7) is 6.96. The first kappa shape index (κ1) is 14.2. The van der Waals surface area contributed by atoms with Gasteiger partial charge in [0.1, 0.15) is 11.4 Å². The van der Waals surface area contributed by atoms with Gasteiger partial charge in [0.05, 0.1) is 4.92 Å². The van der Waals surface area contributed by atoms with Gasteiger partial charge in [-0.25, -0.2) is 0 Å². The van der Waals surface area contributed by atoms with E-state index in [0.717, 1.165) is 0 Å². The van der Waals surface area contributed by atoms with Crippen molar-refractivity contribution in [2.24, 2.45) is 11.3 Å². The number of hydrogen-bond donors (Lipinski definition) is 2. The summed E-state index contributed by atoms with van der Waals surface area (Å²) in [5.41, 5.74) is 3.30. The van der Waals surface area contributed by atoms with Crippen LogP contribution in [0.4, 0.5) is 17.1 Å². The first-order valence-electron chi connectivity index (χ1n) is 5.71. The average Bonchev–Trinajstić information content (AvgIpc) is 2.25. The van der Waals surface area contributed by atoms with Crippen LogP contribution in [0.15, 0.2) is 18.2 Å². The van der Waals surface area contributed by atoms with Gasteiger partial charge in [-0.15, -0.1) is 0 Å². The first-order valence-corrected chi connectivity index (χ1v) is 5.71.